The maximum Gasteiger partial charge on any atom is 0.0927 e. The highest BCUT2D eigenvalue weighted by molar-refractivity contribution is 4.92. The van der Waals surface area contributed by atoms with Crippen molar-refractivity contribution >= 4 is 0 Å². The Kier molecular flexibility index (Phi) is 4.21. The first-order valence-electron chi connectivity index (χ1n) is 4.82. The molecular weight excluding hydrogens is 152 g/mol. The predicted molar refractivity (Wildman–Crippen MR) is 51.1 cm³/mol. The van der Waals surface area contributed by atoms with Crippen LogP contribution in [0.1, 0.15) is 53.4 Å². The Morgan fingerprint density at radius 2 is 1.25 bits per heavy atom. The highest BCUT2D eigenvalue weighted by atomic mass is 16.4. The fourth-order valence-electron chi connectivity index (χ4n) is 1.56. The zero-order valence-corrected chi connectivity index (χ0v) is 8.72. The van der Waals surface area contributed by atoms with Crippen LogP contribution < -0.4 is 0 Å². The molecule has 0 rings (SSSR count). The molecule has 2 nitrogen and oxygen atoms in total. The molecule has 0 amide bonds. The molecular formula is C10H22O2. The van der Waals surface area contributed by atoms with E-state index in [0.717, 1.165) is 12.8 Å². The molecule has 0 fully saturated rings. The maximum atomic E-state index is 10.1. The fraction of sp³-hybridized carbons (Fsp3) is 1.00. The summed E-state index contributed by atoms with van der Waals surface area (Å²) in [5, 5.41) is 19.8. The molecule has 0 aliphatic heterocycles. The predicted octanol–water partition coefficient (Wildman–Crippen LogP) is 2.09. The van der Waals surface area contributed by atoms with Crippen molar-refractivity contribution in [3.8, 4) is 0 Å². The maximum absolute atomic E-state index is 10.1. The molecule has 0 saturated heterocycles. The largest absolute Gasteiger partial charge is 0.387 e. The fourth-order valence-corrected chi connectivity index (χ4v) is 1.56. The Morgan fingerprint density at radius 3 is 1.42 bits per heavy atom. The third-order valence-electron chi connectivity index (χ3n) is 2.47. The molecule has 0 aromatic rings. The molecule has 2 heteroatoms. The van der Waals surface area contributed by atoms with Crippen LogP contribution in [0.4, 0.5) is 0 Å². The number of aliphatic hydroxyl groups is 2. The van der Waals surface area contributed by atoms with Crippen molar-refractivity contribution in [2.24, 2.45) is 0 Å². The third-order valence-corrected chi connectivity index (χ3v) is 2.47. The van der Waals surface area contributed by atoms with E-state index in [-0.39, 0.29) is 0 Å². The van der Waals surface area contributed by atoms with Crippen LogP contribution >= 0.6 is 0 Å². The van der Waals surface area contributed by atoms with Gasteiger partial charge >= 0.3 is 0 Å². The second kappa shape index (κ2) is 4.24. The molecule has 74 valence electrons. The van der Waals surface area contributed by atoms with Gasteiger partial charge in [-0.05, 0) is 26.7 Å². The summed E-state index contributed by atoms with van der Waals surface area (Å²) < 4.78 is 0. The molecule has 0 radical (unpaired) electrons. The first-order chi connectivity index (χ1) is 5.37. The molecule has 0 aliphatic carbocycles. The van der Waals surface area contributed by atoms with Crippen molar-refractivity contribution in [1.29, 1.82) is 0 Å². The van der Waals surface area contributed by atoms with E-state index in [1.165, 1.54) is 0 Å². The summed E-state index contributed by atoms with van der Waals surface area (Å²) in [5.41, 5.74) is -1.89. The van der Waals surface area contributed by atoms with Crippen LogP contribution in [-0.2, 0) is 0 Å². The van der Waals surface area contributed by atoms with Gasteiger partial charge in [-0.25, -0.2) is 0 Å². The lowest BCUT2D eigenvalue weighted by Gasteiger charge is -2.38. The van der Waals surface area contributed by atoms with Crippen molar-refractivity contribution in [2.45, 2.75) is 64.6 Å². The lowest BCUT2D eigenvalue weighted by molar-refractivity contribution is -0.140. The van der Waals surface area contributed by atoms with Gasteiger partial charge in [-0.2, -0.15) is 0 Å². The van der Waals surface area contributed by atoms with Gasteiger partial charge in [0, 0.05) is 0 Å². The highest BCUT2D eigenvalue weighted by Gasteiger charge is 2.40. The standard InChI is InChI=1S/C10H22O2/c1-5-7-10(12,8-6-2)9(3,4)11/h11-12H,5-8H2,1-4H3. The molecule has 0 unspecified atom stereocenters. The minimum atomic E-state index is -0.987. The third kappa shape index (κ3) is 2.76. The van der Waals surface area contributed by atoms with Gasteiger partial charge < -0.3 is 10.2 Å². The van der Waals surface area contributed by atoms with Crippen LogP contribution in [0.3, 0.4) is 0 Å². The van der Waals surface area contributed by atoms with Crippen LogP contribution in [-0.4, -0.2) is 21.4 Å². The monoisotopic (exact) mass is 174 g/mol. The van der Waals surface area contributed by atoms with Crippen molar-refractivity contribution in [2.75, 3.05) is 0 Å². The van der Waals surface area contributed by atoms with E-state index in [2.05, 4.69) is 0 Å². The lowest BCUT2D eigenvalue weighted by atomic mass is 9.79. The molecule has 0 saturated carbocycles. The molecule has 2 N–H and O–H groups in total. The van der Waals surface area contributed by atoms with E-state index in [0.29, 0.717) is 12.8 Å². The molecule has 12 heavy (non-hydrogen) atoms. The Hall–Kier alpha value is -0.0800. The summed E-state index contributed by atoms with van der Waals surface area (Å²) in [6.07, 6.45) is 3.15. The summed E-state index contributed by atoms with van der Waals surface area (Å²) in [6.45, 7) is 7.40. The van der Waals surface area contributed by atoms with Gasteiger partial charge in [0.15, 0.2) is 0 Å². The molecule has 0 aliphatic rings. The zero-order valence-electron chi connectivity index (χ0n) is 8.72. The van der Waals surface area contributed by atoms with Crippen LogP contribution in [0.15, 0.2) is 0 Å². The number of hydrogen-bond donors (Lipinski definition) is 2. The van der Waals surface area contributed by atoms with Crippen molar-refractivity contribution < 1.29 is 10.2 Å². The van der Waals surface area contributed by atoms with Crippen LogP contribution in [0, 0.1) is 0 Å². The van der Waals surface area contributed by atoms with Crippen molar-refractivity contribution in [3.63, 3.8) is 0 Å². The first-order valence-corrected chi connectivity index (χ1v) is 4.82. The zero-order chi connectivity index (χ0) is 9.83. The van der Waals surface area contributed by atoms with E-state index in [4.69, 9.17) is 0 Å². The number of hydrogen-bond acceptors (Lipinski definition) is 2. The van der Waals surface area contributed by atoms with Gasteiger partial charge in [0.25, 0.3) is 0 Å². The van der Waals surface area contributed by atoms with E-state index >= 15 is 0 Å². The minimum absolute atomic E-state index is 0.671. The van der Waals surface area contributed by atoms with Gasteiger partial charge in [0.05, 0.1) is 11.2 Å². The van der Waals surface area contributed by atoms with E-state index in [1.807, 2.05) is 13.8 Å². The SMILES string of the molecule is CCCC(O)(CCC)C(C)(C)O. The summed E-state index contributed by atoms with van der Waals surface area (Å²) in [6, 6.07) is 0. The van der Waals surface area contributed by atoms with Gasteiger partial charge in [0.1, 0.15) is 0 Å². The molecule has 0 aromatic heterocycles. The lowest BCUT2D eigenvalue weighted by Crippen LogP contribution is -2.49. The van der Waals surface area contributed by atoms with Crippen LogP contribution in [0.25, 0.3) is 0 Å². The quantitative estimate of drug-likeness (QED) is 0.670. The second-order valence-electron chi connectivity index (χ2n) is 4.09. The molecule has 0 atom stereocenters. The smallest absolute Gasteiger partial charge is 0.0927 e. The van der Waals surface area contributed by atoms with Crippen LogP contribution in [0.5, 0.6) is 0 Å². The number of rotatable bonds is 5. The highest BCUT2D eigenvalue weighted by Crippen LogP contribution is 2.31. The summed E-state index contributed by atoms with van der Waals surface area (Å²) in [4.78, 5) is 0. The minimum Gasteiger partial charge on any atom is -0.387 e. The van der Waals surface area contributed by atoms with E-state index in [1.54, 1.807) is 13.8 Å². The Morgan fingerprint density at radius 1 is 0.917 bits per heavy atom. The second-order valence-corrected chi connectivity index (χ2v) is 4.09. The van der Waals surface area contributed by atoms with Gasteiger partial charge in [-0.3, -0.25) is 0 Å². The van der Waals surface area contributed by atoms with E-state index in [9.17, 15) is 10.2 Å². The topological polar surface area (TPSA) is 40.5 Å². The molecule has 0 spiro atoms. The molecule has 0 bridgehead atoms. The van der Waals surface area contributed by atoms with Gasteiger partial charge in [-0.1, -0.05) is 26.7 Å². The first kappa shape index (κ1) is 11.9. The van der Waals surface area contributed by atoms with E-state index < -0.39 is 11.2 Å². The van der Waals surface area contributed by atoms with Crippen molar-refractivity contribution in [1.82, 2.24) is 0 Å². The Balaban J connectivity index is 4.38. The Bertz CT molecular complexity index is 118. The average molecular weight is 174 g/mol. The van der Waals surface area contributed by atoms with Crippen LogP contribution in [0.2, 0.25) is 0 Å². The van der Waals surface area contributed by atoms with Gasteiger partial charge in [-0.15, -0.1) is 0 Å². The molecule has 0 aromatic carbocycles. The normalized spacial score (nSPS) is 13.5. The summed E-state index contributed by atoms with van der Waals surface area (Å²) >= 11 is 0. The van der Waals surface area contributed by atoms with Crippen molar-refractivity contribution in [3.05, 3.63) is 0 Å². The average Bonchev–Trinajstić information content (AvgIpc) is 1.86. The van der Waals surface area contributed by atoms with Gasteiger partial charge in [0.2, 0.25) is 0 Å². The summed E-state index contributed by atoms with van der Waals surface area (Å²) in [7, 11) is 0. The molecule has 0 heterocycles. The Labute approximate surface area is 75.6 Å². The summed E-state index contributed by atoms with van der Waals surface area (Å²) in [5.74, 6) is 0.